The molecular formula is C65H75B2F8NO2. The van der Waals surface area contributed by atoms with Crippen LogP contribution in [0.2, 0.25) is 0 Å². The van der Waals surface area contributed by atoms with Gasteiger partial charge in [0.25, 0.3) is 0 Å². The zero-order valence-corrected chi connectivity index (χ0v) is 47.5. The Morgan fingerprint density at radius 2 is 0.859 bits per heavy atom. The summed E-state index contributed by atoms with van der Waals surface area (Å²) in [5.74, 6) is 3.58. The van der Waals surface area contributed by atoms with E-state index in [0.29, 0.717) is 0 Å². The van der Waals surface area contributed by atoms with Gasteiger partial charge in [0.1, 0.15) is 24.6 Å². The van der Waals surface area contributed by atoms with Crippen molar-refractivity contribution in [1.29, 1.82) is 0 Å². The zero-order chi connectivity index (χ0) is 55.8. The molecule has 414 valence electrons. The molecule has 0 bridgehead atoms. The van der Waals surface area contributed by atoms with E-state index in [1.165, 1.54) is 105 Å². The van der Waals surface area contributed by atoms with Gasteiger partial charge in [-0.3, -0.25) is 25.9 Å². The SMILES string of the molecule is CC(C)(C)c1ccc(C2=CC(=CC=c3cc4c5c(c3)CCC[N+]=5CCC4)OC(c3ccc(C(C)(C)C)cc3)=C2)cc1.Cc1cc(-c2ccc(C(C)(C)C)cc2)cc(-c2ccc(C(C)(C)C)cc2)[o+]1.FB(F)F.FB(F)F.[F-].[F-]. The number of halogens is 8. The Labute approximate surface area is 458 Å². The van der Waals surface area contributed by atoms with Crippen molar-refractivity contribution in [2.24, 2.45) is 0 Å². The summed E-state index contributed by atoms with van der Waals surface area (Å²) in [4.78, 5) is 0. The van der Waals surface area contributed by atoms with Crippen molar-refractivity contribution < 1.29 is 44.5 Å². The van der Waals surface area contributed by atoms with Crippen LogP contribution in [0.5, 0.6) is 0 Å². The average molecular weight is 1080 g/mol. The summed E-state index contributed by atoms with van der Waals surface area (Å²) in [6.45, 7) is 31.4. The van der Waals surface area contributed by atoms with Crippen LogP contribution >= 0.6 is 0 Å². The molecular weight excluding hydrogens is 1000 g/mol. The van der Waals surface area contributed by atoms with Crippen LogP contribution in [0.1, 0.15) is 146 Å². The van der Waals surface area contributed by atoms with Crippen LogP contribution < -0.4 is 24.6 Å². The highest BCUT2D eigenvalue weighted by Crippen LogP contribution is 2.35. The van der Waals surface area contributed by atoms with Gasteiger partial charge in [-0.2, -0.15) is 0 Å². The zero-order valence-electron chi connectivity index (χ0n) is 47.5. The van der Waals surface area contributed by atoms with E-state index < -0.39 is 15.1 Å². The third-order valence-electron chi connectivity index (χ3n) is 13.8. The number of ether oxygens (including phenoxy) is 1. The maximum atomic E-state index is 9.67. The van der Waals surface area contributed by atoms with Gasteiger partial charge in [0, 0.05) is 41.2 Å². The number of hydrogen-bond acceptors (Lipinski definition) is 1. The predicted octanol–water partition coefficient (Wildman–Crippen LogP) is 11.1. The van der Waals surface area contributed by atoms with Gasteiger partial charge in [-0.05, 0) is 121 Å². The van der Waals surface area contributed by atoms with Crippen LogP contribution in [0.3, 0.4) is 0 Å². The number of nitrogens with zero attached hydrogens (tertiary/aromatic N) is 1. The van der Waals surface area contributed by atoms with Crippen molar-refractivity contribution in [3.05, 3.63) is 206 Å². The average Bonchev–Trinajstić information content (AvgIpc) is 3.35. The molecule has 0 radical (unpaired) electrons. The fourth-order valence-corrected chi connectivity index (χ4v) is 9.56. The topological polar surface area (TPSA) is 23.5 Å². The van der Waals surface area contributed by atoms with Crippen molar-refractivity contribution in [2.75, 3.05) is 13.1 Å². The van der Waals surface area contributed by atoms with Gasteiger partial charge in [0.2, 0.25) is 5.36 Å². The van der Waals surface area contributed by atoms with Gasteiger partial charge in [-0.1, -0.05) is 174 Å². The molecule has 3 nitrogen and oxygen atoms in total. The number of rotatable bonds is 5. The third kappa shape index (κ3) is 18.0. The number of hydrogen-bond donors (Lipinski definition) is 0. The minimum Gasteiger partial charge on any atom is -1.00 e. The molecule has 0 saturated heterocycles. The highest BCUT2D eigenvalue weighted by Gasteiger charge is 2.25. The highest BCUT2D eigenvalue weighted by molar-refractivity contribution is 6.33. The van der Waals surface area contributed by atoms with Gasteiger partial charge in [-0.15, -0.1) is 0 Å². The van der Waals surface area contributed by atoms with Gasteiger partial charge in [-0.25, -0.2) is 8.99 Å². The summed E-state index contributed by atoms with van der Waals surface area (Å²) in [6.07, 6.45) is 13.6. The first-order chi connectivity index (χ1) is 35.5. The van der Waals surface area contributed by atoms with Crippen molar-refractivity contribution in [1.82, 2.24) is 4.58 Å². The van der Waals surface area contributed by atoms with Crippen molar-refractivity contribution in [3.63, 3.8) is 0 Å². The molecule has 78 heavy (non-hydrogen) atoms. The predicted molar refractivity (Wildman–Crippen MR) is 307 cm³/mol. The molecule has 0 N–H and O–H groups in total. The summed E-state index contributed by atoms with van der Waals surface area (Å²) in [7, 11) is -7.33. The molecule has 0 saturated carbocycles. The molecule has 3 aliphatic rings. The first kappa shape index (κ1) is 64.0. The normalized spacial score (nSPS) is 14.3. The highest BCUT2D eigenvalue weighted by atomic mass is 19.4. The second-order valence-corrected chi connectivity index (χ2v) is 24.0. The Hall–Kier alpha value is -6.49. The fraction of sp³-hybridized carbons (Fsp3) is 0.354. The molecule has 0 unspecified atom stereocenters. The first-order valence-electron chi connectivity index (χ1n) is 26.3. The molecule has 0 fully saturated rings. The maximum Gasteiger partial charge on any atom is 0.762 e. The van der Waals surface area contributed by atoms with Crippen LogP contribution in [-0.4, -0.2) is 28.2 Å². The van der Waals surface area contributed by atoms with Crippen LogP contribution in [0.4, 0.5) is 25.9 Å². The van der Waals surface area contributed by atoms with E-state index in [9.17, 15) is 25.9 Å². The van der Waals surface area contributed by atoms with E-state index in [-0.39, 0.29) is 31.1 Å². The van der Waals surface area contributed by atoms with Crippen molar-refractivity contribution in [3.8, 4) is 22.5 Å². The minimum atomic E-state index is -3.67. The van der Waals surface area contributed by atoms with Gasteiger partial charge < -0.3 is 14.1 Å². The van der Waals surface area contributed by atoms with E-state index >= 15 is 0 Å². The number of benzene rings is 5. The fourth-order valence-electron chi connectivity index (χ4n) is 9.56. The summed E-state index contributed by atoms with van der Waals surface area (Å²) < 4.78 is 73.2. The number of aryl methyl sites for hydroxylation is 3. The first-order valence-corrected chi connectivity index (χ1v) is 26.3. The molecule has 3 aliphatic heterocycles. The van der Waals surface area contributed by atoms with Crippen LogP contribution in [-0.2, 0) is 39.2 Å². The standard InChI is InChI=1S/C39H44NO.C26H31O.2BF3.2FH/c1-38(2,3)33-16-12-28(13-17-33)32-25-35(41-36(26-32)29-14-18-34(19-15-29)39(4,5)6)20-11-27-23-30-9-7-21-40-22-8-10-31(24-27)37(30)40;1-18-16-21(19-8-12-22(13-9-19)25(2,3)4)17-24(27-18)20-10-14-23(15-11-20)26(5,6)7;2*2-1(3)4;;/h11-20,23-26H,7-10,21-22H2,1-6H3;8-17H,1-7H3;;;2*1H/q2*+1;;;;/p-2. The minimum absolute atomic E-state index is 0. The lowest BCUT2D eigenvalue weighted by molar-refractivity contribution is -0.00100. The van der Waals surface area contributed by atoms with E-state index in [1.54, 1.807) is 0 Å². The maximum absolute atomic E-state index is 9.67. The monoisotopic (exact) mass is 1080 g/mol. The molecule has 4 heterocycles. The smallest absolute Gasteiger partial charge is 0.762 e. The lowest BCUT2D eigenvalue weighted by Crippen LogP contribution is -3.00. The van der Waals surface area contributed by atoms with Crippen molar-refractivity contribution >= 4 is 32.5 Å². The molecule has 1 aromatic heterocycles. The molecule has 0 amide bonds. The van der Waals surface area contributed by atoms with Gasteiger partial charge >= 0.3 is 26.6 Å². The molecule has 0 atom stereocenters. The molecule has 0 spiro atoms. The quantitative estimate of drug-likeness (QED) is 0.0743. The van der Waals surface area contributed by atoms with E-state index in [0.717, 1.165) is 34.2 Å². The van der Waals surface area contributed by atoms with Crippen LogP contribution in [0.25, 0.3) is 39.9 Å². The summed E-state index contributed by atoms with van der Waals surface area (Å²) in [5, 5.41) is 2.79. The third-order valence-corrected chi connectivity index (χ3v) is 13.8. The Morgan fingerprint density at radius 1 is 0.474 bits per heavy atom. The van der Waals surface area contributed by atoms with Crippen molar-refractivity contribution in [2.45, 2.75) is 137 Å². The second-order valence-electron chi connectivity index (χ2n) is 24.0. The molecule has 6 aromatic rings. The summed E-state index contributed by atoms with van der Waals surface area (Å²) >= 11 is 0. The molecule has 5 aromatic carbocycles. The van der Waals surface area contributed by atoms with E-state index in [4.69, 9.17) is 9.15 Å². The van der Waals surface area contributed by atoms with E-state index in [2.05, 4.69) is 233 Å². The lowest BCUT2D eigenvalue weighted by Gasteiger charge is -2.22. The summed E-state index contributed by atoms with van der Waals surface area (Å²) in [6, 6.07) is 44.5. The Morgan fingerprint density at radius 3 is 1.27 bits per heavy atom. The lowest BCUT2D eigenvalue weighted by atomic mass is 9.85. The van der Waals surface area contributed by atoms with Gasteiger partial charge in [0.15, 0.2) is 0 Å². The van der Waals surface area contributed by atoms with Crippen LogP contribution in [0.15, 0.2) is 150 Å². The molecule has 13 heteroatoms. The Bertz CT molecular complexity index is 3030. The number of allylic oxidation sites excluding steroid dienone is 4. The molecule has 9 rings (SSSR count). The van der Waals surface area contributed by atoms with E-state index in [1.807, 2.05) is 6.92 Å². The summed E-state index contributed by atoms with van der Waals surface area (Å²) in [5.41, 5.74) is 15.9. The Balaban J connectivity index is 0.000000307. The second kappa shape index (κ2) is 26.9. The largest absolute Gasteiger partial charge is 1.00 e. The van der Waals surface area contributed by atoms with Crippen LogP contribution in [0, 0.1) is 6.92 Å². The molecule has 0 aliphatic carbocycles. The Kier molecular flexibility index (Phi) is 22.1. The van der Waals surface area contributed by atoms with Gasteiger partial charge in [0.05, 0.1) is 18.6 Å².